The van der Waals surface area contributed by atoms with E-state index in [9.17, 15) is 5.11 Å². The van der Waals surface area contributed by atoms with E-state index in [0.29, 0.717) is 10.5 Å². The molecule has 3 aromatic rings. The number of phenols is 1. The summed E-state index contributed by atoms with van der Waals surface area (Å²) in [5.41, 5.74) is 3.81. The minimum absolute atomic E-state index is 0.00740. The molecule has 0 amide bonds. The molecule has 0 saturated carbocycles. The number of hydrogen-bond acceptors (Lipinski definition) is 3. The molecule has 4 heteroatoms. The Morgan fingerprint density at radius 3 is 2.56 bits per heavy atom. The minimum Gasteiger partial charge on any atom is -0.505 e. The second-order valence-corrected chi connectivity index (χ2v) is 7.16. The molecule has 2 heterocycles. The Balaban J connectivity index is 1.91. The highest BCUT2D eigenvalue weighted by atomic mass is 35.5. The van der Waals surface area contributed by atoms with Gasteiger partial charge < -0.3 is 5.11 Å². The number of pyridine rings is 1. The van der Waals surface area contributed by atoms with Crippen molar-refractivity contribution in [3.8, 4) is 5.75 Å². The lowest BCUT2D eigenvalue weighted by molar-refractivity contribution is 0.275. The summed E-state index contributed by atoms with van der Waals surface area (Å²) >= 11 is 6.53. The summed E-state index contributed by atoms with van der Waals surface area (Å²) in [4.78, 5) is 6.79. The fourth-order valence-electron chi connectivity index (χ4n) is 3.75. The highest BCUT2D eigenvalue weighted by Gasteiger charge is 2.28. The van der Waals surface area contributed by atoms with Crippen molar-refractivity contribution in [3.63, 3.8) is 0 Å². The zero-order chi connectivity index (χ0) is 17.4. The van der Waals surface area contributed by atoms with Gasteiger partial charge in [-0.2, -0.15) is 0 Å². The third kappa shape index (κ3) is 2.99. The Labute approximate surface area is 152 Å². The molecule has 1 aliphatic heterocycles. The highest BCUT2D eigenvalue weighted by Crippen LogP contribution is 2.41. The van der Waals surface area contributed by atoms with Gasteiger partial charge in [0.2, 0.25) is 0 Å². The molecule has 0 aliphatic carbocycles. The number of aryl methyl sites for hydroxylation is 1. The molecule has 0 spiro atoms. The summed E-state index contributed by atoms with van der Waals surface area (Å²) in [7, 11) is 0. The smallest absolute Gasteiger partial charge is 0.147 e. The predicted molar refractivity (Wildman–Crippen MR) is 102 cm³/mol. The molecule has 1 saturated heterocycles. The fourth-order valence-corrected chi connectivity index (χ4v) is 4.02. The summed E-state index contributed by atoms with van der Waals surface area (Å²) in [6, 6.07) is 14.2. The molecule has 1 aliphatic rings. The largest absolute Gasteiger partial charge is 0.505 e. The lowest BCUT2D eigenvalue weighted by Crippen LogP contribution is -2.26. The average molecular weight is 353 g/mol. The zero-order valence-corrected chi connectivity index (χ0v) is 15.0. The standard InChI is InChI=1S/C21H21ClN2O/c1-14-6-8-15(9-7-14)20(24-11-2-3-12-24)17-13-18(22)16-5-4-10-23-19(16)21(17)25/h4-10,13,20,25H,2-3,11-12H2,1H3/t20-/m0/s1. The van der Waals surface area contributed by atoms with E-state index in [1.54, 1.807) is 6.20 Å². The van der Waals surface area contributed by atoms with Gasteiger partial charge in [0.25, 0.3) is 0 Å². The molecule has 3 nitrogen and oxygen atoms in total. The first-order valence-corrected chi connectivity index (χ1v) is 9.09. The van der Waals surface area contributed by atoms with Crippen LogP contribution in [0.2, 0.25) is 5.02 Å². The monoisotopic (exact) mass is 352 g/mol. The zero-order valence-electron chi connectivity index (χ0n) is 14.2. The van der Waals surface area contributed by atoms with Crippen LogP contribution in [-0.2, 0) is 0 Å². The second kappa shape index (κ2) is 6.66. The van der Waals surface area contributed by atoms with Gasteiger partial charge >= 0.3 is 0 Å². The molecule has 0 radical (unpaired) electrons. The number of aromatic hydroxyl groups is 1. The van der Waals surface area contributed by atoms with Crippen LogP contribution in [0.5, 0.6) is 5.75 Å². The van der Waals surface area contributed by atoms with Crippen LogP contribution < -0.4 is 0 Å². The van der Waals surface area contributed by atoms with Gasteiger partial charge in [-0.25, -0.2) is 0 Å². The third-order valence-electron chi connectivity index (χ3n) is 5.04. The van der Waals surface area contributed by atoms with Crippen LogP contribution in [0.25, 0.3) is 10.9 Å². The first-order chi connectivity index (χ1) is 12.1. The van der Waals surface area contributed by atoms with Crippen molar-refractivity contribution in [1.29, 1.82) is 0 Å². The molecule has 2 aromatic carbocycles. The average Bonchev–Trinajstić information content (AvgIpc) is 3.15. The maximum atomic E-state index is 11.0. The summed E-state index contributed by atoms with van der Waals surface area (Å²) in [5.74, 6) is 0.234. The molecule has 0 unspecified atom stereocenters. The van der Waals surface area contributed by atoms with Crippen LogP contribution in [0.1, 0.15) is 35.6 Å². The Kier molecular flexibility index (Phi) is 4.36. The number of likely N-dealkylation sites (tertiary alicyclic amines) is 1. The fraction of sp³-hybridized carbons (Fsp3) is 0.286. The van der Waals surface area contributed by atoms with E-state index in [2.05, 4.69) is 41.1 Å². The summed E-state index contributed by atoms with van der Waals surface area (Å²) in [5, 5.41) is 12.4. The van der Waals surface area contributed by atoms with E-state index in [-0.39, 0.29) is 11.8 Å². The Morgan fingerprint density at radius 1 is 1.12 bits per heavy atom. The number of aromatic nitrogens is 1. The van der Waals surface area contributed by atoms with E-state index in [1.165, 1.54) is 24.0 Å². The lowest BCUT2D eigenvalue weighted by Gasteiger charge is -2.29. The Bertz CT molecular complexity index is 902. The molecule has 4 rings (SSSR count). The molecule has 1 aromatic heterocycles. The first-order valence-electron chi connectivity index (χ1n) is 8.72. The van der Waals surface area contributed by atoms with Crippen molar-refractivity contribution in [2.75, 3.05) is 13.1 Å². The predicted octanol–water partition coefficient (Wildman–Crippen LogP) is 5.09. The quantitative estimate of drug-likeness (QED) is 0.713. The van der Waals surface area contributed by atoms with Crippen LogP contribution in [0, 0.1) is 6.92 Å². The SMILES string of the molecule is Cc1ccc([C@@H](c2cc(Cl)c3cccnc3c2O)N2CCCC2)cc1. The van der Waals surface area contributed by atoms with Crippen molar-refractivity contribution < 1.29 is 5.11 Å². The van der Waals surface area contributed by atoms with Gasteiger partial charge in [-0.3, -0.25) is 9.88 Å². The van der Waals surface area contributed by atoms with Crippen LogP contribution in [0.4, 0.5) is 0 Å². The molecule has 1 atom stereocenters. The summed E-state index contributed by atoms with van der Waals surface area (Å²) in [6.45, 7) is 4.13. The number of hydrogen-bond donors (Lipinski definition) is 1. The van der Waals surface area contributed by atoms with E-state index in [4.69, 9.17) is 11.6 Å². The molecule has 0 bridgehead atoms. The van der Waals surface area contributed by atoms with Crippen LogP contribution in [0.15, 0.2) is 48.7 Å². The molecule has 128 valence electrons. The Morgan fingerprint density at radius 2 is 1.84 bits per heavy atom. The van der Waals surface area contributed by atoms with Crippen molar-refractivity contribution in [2.24, 2.45) is 0 Å². The Hall–Kier alpha value is -2.10. The maximum absolute atomic E-state index is 11.0. The summed E-state index contributed by atoms with van der Waals surface area (Å²) < 4.78 is 0. The minimum atomic E-state index is -0.00740. The number of fused-ring (bicyclic) bond motifs is 1. The molecule has 25 heavy (non-hydrogen) atoms. The maximum Gasteiger partial charge on any atom is 0.147 e. The van der Waals surface area contributed by atoms with Gasteiger partial charge in [0.1, 0.15) is 11.3 Å². The van der Waals surface area contributed by atoms with Gasteiger partial charge in [-0.05, 0) is 56.6 Å². The van der Waals surface area contributed by atoms with Crippen molar-refractivity contribution in [3.05, 3.63) is 70.4 Å². The number of benzene rings is 2. The lowest BCUT2D eigenvalue weighted by atomic mass is 9.94. The van der Waals surface area contributed by atoms with Gasteiger partial charge in [-0.15, -0.1) is 0 Å². The van der Waals surface area contributed by atoms with Gasteiger partial charge in [-0.1, -0.05) is 41.4 Å². The van der Waals surface area contributed by atoms with Crippen LogP contribution in [-0.4, -0.2) is 28.1 Å². The van der Waals surface area contributed by atoms with Gasteiger partial charge in [0, 0.05) is 17.1 Å². The number of nitrogens with zero attached hydrogens (tertiary/aromatic N) is 2. The number of rotatable bonds is 3. The number of halogens is 1. The molecule has 1 fully saturated rings. The first kappa shape index (κ1) is 16.4. The van der Waals surface area contributed by atoms with Gasteiger partial charge in [0.05, 0.1) is 11.1 Å². The normalized spacial score (nSPS) is 16.4. The number of phenolic OH excluding ortho intramolecular Hbond substituents is 1. The third-order valence-corrected chi connectivity index (χ3v) is 5.35. The van der Waals surface area contributed by atoms with E-state index in [1.807, 2.05) is 18.2 Å². The highest BCUT2D eigenvalue weighted by molar-refractivity contribution is 6.35. The van der Waals surface area contributed by atoms with Crippen molar-refractivity contribution in [1.82, 2.24) is 9.88 Å². The topological polar surface area (TPSA) is 36.4 Å². The van der Waals surface area contributed by atoms with Crippen molar-refractivity contribution >= 4 is 22.5 Å². The van der Waals surface area contributed by atoms with Gasteiger partial charge in [0.15, 0.2) is 0 Å². The summed E-state index contributed by atoms with van der Waals surface area (Å²) in [6.07, 6.45) is 4.06. The van der Waals surface area contributed by atoms with E-state index < -0.39 is 0 Å². The van der Waals surface area contributed by atoms with E-state index >= 15 is 0 Å². The van der Waals surface area contributed by atoms with Crippen molar-refractivity contribution in [2.45, 2.75) is 25.8 Å². The molecule has 1 N–H and O–H groups in total. The van der Waals surface area contributed by atoms with Crippen LogP contribution >= 0.6 is 11.6 Å². The second-order valence-electron chi connectivity index (χ2n) is 6.75. The van der Waals surface area contributed by atoms with Crippen LogP contribution in [0.3, 0.4) is 0 Å². The van der Waals surface area contributed by atoms with E-state index in [0.717, 1.165) is 24.0 Å². The molecular formula is C21H21ClN2O. The molecular weight excluding hydrogens is 332 g/mol.